The first-order valence-corrected chi connectivity index (χ1v) is 9.60. The third-order valence-electron chi connectivity index (χ3n) is 4.25. The Balaban J connectivity index is 1.58. The van der Waals surface area contributed by atoms with E-state index in [0.717, 1.165) is 12.8 Å². The molecule has 0 radical (unpaired) electrons. The molecule has 1 amide bonds. The summed E-state index contributed by atoms with van der Waals surface area (Å²) < 4.78 is 23.8. The van der Waals surface area contributed by atoms with Gasteiger partial charge < -0.3 is 14.4 Å². The molecule has 27 heavy (non-hydrogen) atoms. The largest absolute Gasteiger partial charge is 0.486 e. The third-order valence-corrected chi connectivity index (χ3v) is 5.36. The number of benzene rings is 1. The molecule has 2 aromatic rings. The van der Waals surface area contributed by atoms with Gasteiger partial charge in [0.25, 0.3) is 5.91 Å². The molecule has 6 nitrogen and oxygen atoms in total. The normalized spacial score (nSPS) is 14.9. The number of aromatic nitrogens is 1. The number of carbonyl (C=O) groups excluding carboxylic acids is 2. The summed E-state index contributed by atoms with van der Waals surface area (Å²) in [6, 6.07) is 5.67. The van der Waals surface area contributed by atoms with Crippen molar-refractivity contribution in [3.8, 4) is 5.75 Å². The summed E-state index contributed by atoms with van der Waals surface area (Å²) in [5.74, 6) is -0.547. The molecule has 0 saturated carbocycles. The maximum absolute atomic E-state index is 12.9. The van der Waals surface area contributed by atoms with Crippen molar-refractivity contribution in [2.45, 2.75) is 39.4 Å². The van der Waals surface area contributed by atoms with Crippen molar-refractivity contribution in [2.75, 3.05) is 13.1 Å². The number of halogens is 1. The summed E-state index contributed by atoms with van der Waals surface area (Å²) >= 11 is 1.17. The summed E-state index contributed by atoms with van der Waals surface area (Å²) in [5, 5.41) is 0.599. The lowest BCUT2D eigenvalue weighted by Gasteiger charge is -2.20. The molecule has 1 saturated heterocycles. The first kappa shape index (κ1) is 19.3. The van der Waals surface area contributed by atoms with Gasteiger partial charge >= 0.3 is 5.97 Å². The number of hydrogen-bond acceptors (Lipinski definition) is 6. The fourth-order valence-electron chi connectivity index (χ4n) is 2.84. The summed E-state index contributed by atoms with van der Waals surface area (Å²) in [4.78, 5) is 31.1. The molecule has 1 aliphatic rings. The molecule has 0 bridgehead atoms. The maximum Gasteiger partial charge on any atom is 0.351 e. The lowest BCUT2D eigenvalue weighted by Crippen LogP contribution is -2.38. The molecule has 1 aromatic heterocycles. The zero-order chi connectivity index (χ0) is 19.4. The Morgan fingerprint density at radius 3 is 2.59 bits per heavy atom. The third kappa shape index (κ3) is 4.82. The molecule has 3 rings (SSSR count). The number of hydrogen-bond donors (Lipinski definition) is 0. The van der Waals surface area contributed by atoms with Gasteiger partial charge in [-0.25, -0.2) is 14.2 Å². The van der Waals surface area contributed by atoms with Gasteiger partial charge in [-0.3, -0.25) is 4.79 Å². The Kier molecular flexibility index (Phi) is 6.05. The van der Waals surface area contributed by atoms with Crippen LogP contribution in [0.5, 0.6) is 5.75 Å². The highest BCUT2D eigenvalue weighted by molar-refractivity contribution is 7.13. The number of aryl methyl sites for hydroxylation is 1. The van der Waals surface area contributed by atoms with Crippen molar-refractivity contribution < 1.29 is 23.5 Å². The minimum atomic E-state index is -0.823. The first-order valence-electron chi connectivity index (χ1n) is 8.78. The van der Waals surface area contributed by atoms with Gasteiger partial charge in [0.05, 0.1) is 5.69 Å². The SMILES string of the molecule is Cc1nc(COc2ccc(F)cc2)sc1C(=O)OC(C)C(=O)N1CCCC1. The van der Waals surface area contributed by atoms with Crippen LogP contribution in [0.3, 0.4) is 0 Å². The quantitative estimate of drug-likeness (QED) is 0.706. The van der Waals surface area contributed by atoms with Crippen LogP contribution in [0.15, 0.2) is 24.3 Å². The summed E-state index contributed by atoms with van der Waals surface area (Å²) in [7, 11) is 0. The van der Waals surface area contributed by atoms with E-state index in [-0.39, 0.29) is 18.3 Å². The number of nitrogens with zero attached hydrogens (tertiary/aromatic N) is 2. The highest BCUT2D eigenvalue weighted by Gasteiger charge is 2.27. The van der Waals surface area contributed by atoms with Gasteiger partial charge in [0.1, 0.15) is 28.1 Å². The topological polar surface area (TPSA) is 68.7 Å². The van der Waals surface area contributed by atoms with E-state index in [1.165, 1.54) is 35.6 Å². The monoisotopic (exact) mass is 392 g/mol. The van der Waals surface area contributed by atoms with Crippen LogP contribution in [0.2, 0.25) is 0 Å². The Morgan fingerprint density at radius 1 is 1.26 bits per heavy atom. The smallest absolute Gasteiger partial charge is 0.351 e. The van der Waals surface area contributed by atoms with Crippen molar-refractivity contribution in [1.82, 2.24) is 9.88 Å². The fraction of sp³-hybridized carbons (Fsp3) is 0.421. The van der Waals surface area contributed by atoms with E-state index in [0.29, 0.717) is 34.4 Å². The van der Waals surface area contributed by atoms with E-state index < -0.39 is 12.1 Å². The molecule has 0 N–H and O–H groups in total. The van der Waals surface area contributed by atoms with Crippen LogP contribution in [0.1, 0.15) is 40.1 Å². The molecule has 0 aliphatic carbocycles. The van der Waals surface area contributed by atoms with Crippen LogP contribution in [0.4, 0.5) is 4.39 Å². The van der Waals surface area contributed by atoms with Gasteiger partial charge in [-0.1, -0.05) is 0 Å². The predicted molar refractivity (Wildman–Crippen MR) is 98.3 cm³/mol. The van der Waals surface area contributed by atoms with Gasteiger partial charge in [-0.2, -0.15) is 0 Å². The zero-order valence-electron chi connectivity index (χ0n) is 15.2. The van der Waals surface area contributed by atoms with E-state index in [2.05, 4.69) is 4.98 Å². The highest BCUT2D eigenvalue weighted by atomic mass is 32.1. The Labute approximate surface area is 160 Å². The highest BCUT2D eigenvalue weighted by Crippen LogP contribution is 2.22. The maximum atomic E-state index is 12.9. The molecule has 1 aliphatic heterocycles. The van der Waals surface area contributed by atoms with Crippen LogP contribution >= 0.6 is 11.3 Å². The second-order valence-corrected chi connectivity index (χ2v) is 7.43. The van der Waals surface area contributed by atoms with Gasteiger partial charge in [0.2, 0.25) is 0 Å². The lowest BCUT2D eigenvalue weighted by molar-refractivity contribution is -0.138. The fourth-order valence-corrected chi connectivity index (χ4v) is 3.70. The van der Waals surface area contributed by atoms with Crippen molar-refractivity contribution in [3.05, 3.63) is 45.7 Å². The second kappa shape index (κ2) is 8.47. The minimum absolute atomic E-state index is 0.159. The summed E-state index contributed by atoms with van der Waals surface area (Å²) in [6.07, 6.45) is 1.14. The number of carbonyl (C=O) groups is 2. The van der Waals surface area contributed by atoms with Crippen molar-refractivity contribution in [3.63, 3.8) is 0 Å². The van der Waals surface area contributed by atoms with Crippen molar-refractivity contribution in [1.29, 1.82) is 0 Å². The van der Waals surface area contributed by atoms with Crippen LogP contribution in [0.25, 0.3) is 0 Å². The number of likely N-dealkylation sites (tertiary alicyclic amines) is 1. The lowest BCUT2D eigenvalue weighted by atomic mass is 10.3. The molecular formula is C19H21FN2O4S. The van der Waals surface area contributed by atoms with Crippen molar-refractivity contribution in [2.24, 2.45) is 0 Å². The van der Waals surface area contributed by atoms with E-state index in [9.17, 15) is 14.0 Å². The molecule has 1 fully saturated rings. The minimum Gasteiger partial charge on any atom is -0.486 e. The molecule has 1 aromatic carbocycles. The van der Waals surface area contributed by atoms with Crippen LogP contribution in [-0.2, 0) is 16.1 Å². The number of ether oxygens (including phenoxy) is 2. The molecule has 144 valence electrons. The first-order chi connectivity index (χ1) is 12.9. The van der Waals surface area contributed by atoms with Gasteiger partial charge in [-0.15, -0.1) is 11.3 Å². The van der Waals surface area contributed by atoms with Gasteiger partial charge in [-0.05, 0) is 51.0 Å². The second-order valence-electron chi connectivity index (χ2n) is 6.34. The number of esters is 1. The van der Waals surface area contributed by atoms with E-state index in [1.807, 2.05) is 0 Å². The molecule has 8 heteroatoms. The van der Waals surface area contributed by atoms with Gasteiger partial charge in [0.15, 0.2) is 6.10 Å². The molecule has 0 spiro atoms. The Bertz CT molecular complexity index is 816. The molecule has 1 unspecified atom stereocenters. The van der Waals surface area contributed by atoms with E-state index in [4.69, 9.17) is 9.47 Å². The molecule has 1 atom stereocenters. The van der Waals surface area contributed by atoms with E-state index >= 15 is 0 Å². The summed E-state index contributed by atoms with van der Waals surface area (Å²) in [6.45, 7) is 4.89. The van der Waals surface area contributed by atoms with Crippen LogP contribution in [-0.4, -0.2) is 41.0 Å². The number of thiazole rings is 1. The average Bonchev–Trinajstić information content (AvgIpc) is 3.30. The van der Waals surface area contributed by atoms with Crippen molar-refractivity contribution >= 4 is 23.2 Å². The van der Waals surface area contributed by atoms with E-state index in [1.54, 1.807) is 18.7 Å². The zero-order valence-corrected chi connectivity index (χ0v) is 16.1. The number of rotatable bonds is 6. The standard InChI is InChI=1S/C19H21FN2O4S/c1-12-17(19(24)26-13(2)18(23)22-9-3-4-10-22)27-16(21-12)11-25-15-7-5-14(20)6-8-15/h5-8,13H,3-4,9-11H2,1-2H3. The van der Waals surface area contributed by atoms with Crippen LogP contribution < -0.4 is 4.74 Å². The van der Waals surface area contributed by atoms with Crippen LogP contribution in [0, 0.1) is 12.7 Å². The van der Waals surface area contributed by atoms with Gasteiger partial charge in [0, 0.05) is 13.1 Å². The average molecular weight is 392 g/mol. The predicted octanol–water partition coefficient (Wildman–Crippen LogP) is 3.34. The summed E-state index contributed by atoms with van der Waals surface area (Å²) in [5.41, 5.74) is 0.531. The number of amides is 1. The molecular weight excluding hydrogens is 371 g/mol. The Hall–Kier alpha value is -2.48. The Morgan fingerprint density at radius 2 is 1.93 bits per heavy atom. The molecule has 2 heterocycles.